The van der Waals surface area contributed by atoms with E-state index in [0.717, 1.165) is 12.8 Å². The van der Waals surface area contributed by atoms with Gasteiger partial charge in [0.2, 0.25) is 10.0 Å². The van der Waals surface area contributed by atoms with E-state index in [0.29, 0.717) is 38.3 Å². The zero-order chi connectivity index (χ0) is 15.7. The SMILES string of the molecule is Cn1cc(C2CCN(S(=O)(=O)C3CCC(C#N)C3)CC2)cn1. The van der Waals surface area contributed by atoms with Crippen LogP contribution < -0.4 is 0 Å². The van der Waals surface area contributed by atoms with Gasteiger partial charge in [0.15, 0.2) is 0 Å². The van der Waals surface area contributed by atoms with E-state index in [-0.39, 0.29) is 11.2 Å². The topological polar surface area (TPSA) is 79.0 Å². The number of nitriles is 1. The predicted molar refractivity (Wildman–Crippen MR) is 82.4 cm³/mol. The van der Waals surface area contributed by atoms with Crippen LogP contribution in [0.1, 0.15) is 43.6 Å². The van der Waals surface area contributed by atoms with Gasteiger partial charge in [-0.1, -0.05) is 0 Å². The van der Waals surface area contributed by atoms with Crippen molar-refractivity contribution in [3.8, 4) is 6.07 Å². The lowest BCUT2D eigenvalue weighted by Crippen LogP contribution is -2.42. The van der Waals surface area contributed by atoms with E-state index in [1.165, 1.54) is 5.56 Å². The summed E-state index contributed by atoms with van der Waals surface area (Å²) in [5.74, 6) is 0.309. The van der Waals surface area contributed by atoms with Crippen LogP contribution in [0.15, 0.2) is 12.4 Å². The third kappa shape index (κ3) is 2.90. The van der Waals surface area contributed by atoms with Crippen molar-refractivity contribution < 1.29 is 8.42 Å². The number of nitrogens with zero attached hydrogens (tertiary/aromatic N) is 4. The largest absolute Gasteiger partial charge is 0.276 e. The van der Waals surface area contributed by atoms with Crippen LogP contribution in [0.5, 0.6) is 0 Å². The number of piperidine rings is 1. The molecule has 1 aromatic heterocycles. The summed E-state index contributed by atoms with van der Waals surface area (Å²) in [4.78, 5) is 0. The third-order valence-corrected chi connectivity index (χ3v) is 7.35. The van der Waals surface area contributed by atoms with Gasteiger partial charge < -0.3 is 0 Å². The van der Waals surface area contributed by atoms with Crippen LogP contribution in [0.4, 0.5) is 0 Å². The van der Waals surface area contributed by atoms with Gasteiger partial charge >= 0.3 is 0 Å². The summed E-state index contributed by atoms with van der Waals surface area (Å²) < 4.78 is 28.8. The molecular weight excluding hydrogens is 300 g/mol. The number of sulfonamides is 1. The molecule has 120 valence electrons. The number of aromatic nitrogens is 2. The molecule has 6 nitrogen and oxygen atoms in total. The Morgan fingerprint density at radius 3 is 2.55 bits per heavy atom. The highest BCUT2D eigenvalue weighted by atomic mass is 32.2. The Hall–Kier alpha value is -1.39. The lowest BCUT2D eigenvalue weighted by atomic mass is 9.93. The summed E-state index contributed by atoms with van der Waals surface area (Å²) in [6, 6.07) is 2.21. The van der Waals surface area contributed by atoms with Crippen LogP contribution in [0.25, 0.3) is 0 Å². The Balaban J connectivity index is 1.62. The minimum atomic E-state index is -3.24. The summed E-state index contributed by atoms with van der Waals surface area (Å²) in [6.07, 6.45) is 7.43. The molecular formula is C15H22N4O2S. The molecule has 1 saturated heterocycles. The van der Waals surface area contributed by atoms with Crippen molar-refractivity contribution in [2.45, 2.75) is 43.3 Å². The van der Waals surface area contributed by atoms with Gasteiger partial charge in [-0.25, -0.2) is 12.7 Å². The van der Waals surface area contributed by atoms with Crippen LogP contribution in [-0.4, -0.2) is 40.8 Å². The first-order valence-electron chi connectivity index (χ1n) is 7.88. The van der Waals surface area contributed by atoms with Gasteiger partial charge in [0, 0.05) is 32.3 Å². The molecule has 0 N–H and O–H groups in total. The van der Waals surface area contributed by atoms with E-state index in [9.17, 15) is 8.42 Å². The number of hydrogen-bond acceptors (Lipinski definition) is 4. The van der Waals surface area contributed by atoms with Crippen molar-refractivity contribution in [2.75, 3.05) is 13.1 Å². The molecule has 0 amide bonds. The van der Waals surface area contributed by atoms with E-state index in [1.807, 2.05) is 19.4 Å². The van der Waals surface area contributed by atoms with Crippen molar-refractivity contribution in [1.82, 2.24) is 14.1 Å². The van der Waals surface area contributed by atoms with Gasteiger partial charge in [0.25, 0.3) is 0 Å². The van der Waals surface area contributed by atoms with E-state index in [2.05, 4.69) is 11.2 Å². The summed E-state index contributed by atoms with van der Waals surface area (Å²) in [6.45, 7) is 1.16. The summed E-state index contributed by atoms with van der Waals surface area (Å²) in [5.41, 5.74) is 1.20. The first-order valence-corrected chi connectivity index (χ1v) is 9.38. The van der Waals surface area contributed by atoms with Crippen molar-refractivity contribution in [2.24, 2.45) is 13.0 Å². The van der Waals surface area contributed by atoms with Crippen molar-refractivity contribution in [1.29, 1.82) is 5.26 Å². The maximum Gasteiger partial charge on any atom is 0.217 e. The molecule has 0 spiro atoms. The maximum absolute atomic E-state index is 12.7. The van der Waals surface area contributed by atoms with Gasteiger partial charge in [0.05, 0.1) is 17.5 Å². The number of hydrogen-bond donors (Lipinski definition) is 0. The Bertz CT molecular complexity index is 668. The standard InChI is InChI=1S/C15H22N4O2S/c1-18-11-14(10-17-18)13-4-6-19(7-5-13)22(20,21)15-3-2-12(8-15)9-16/h10-13,15H,2-8H2,1H3. The quantitative estimate of drug-likeness (QED) is 0.847. The first-order chi connectivity index (χ1) is 10.5. The fraction of sp³-hybridized carbons (Fsp3) is 0.733. The highest BCUT2D eigenvalue weighted by Crippen LogP contribution is 2.35. The molecule has 7 heteroatoms. The minimum Gasteiger partial charge on any atom is -0.276 e. The van der Waals surface area contributed by atoms with Crippen LogP contribution in [0.2, 0.25) is 0 Å². The van der Waals surface area contributed by atoms with Gasteiger partial charge in [-0.15, -0.1) is 0 Å². The Morgan fingerprint density at radius 1 is 1.27 bits per heavy atom. The fourth-order valence-electron chi connectivity index (χ4n) is 3.63. The molecule has 2 heterocycles. The molecule has 3 rings (SSSR count). The molecule has 0 bridgehead atoms. The Labute approximate surface area is 131 Å². The molecule has 0 aromatic carbocycles. The minimum absolute atomic E-state index is 0.0901. The van der Waals surface area contributed by atoms with Gasteiger partial charge in [-0.3, -0.25) is 4.68 Å². The van der Waals surface area contributed by atoms with Crippen LogP contribution >= 0.6 is 0 Å². The Morgan fingerprint density at radius 2 is 2.00 bits per heavy atom. The monoisotopic (exact) mass is 322 g/mol. The molecule has 2 aliphatic rings. The van der Waals surface area contributed by atoms with Crippen molar-refractivity contribution >= 4 is 10.0 Å². The summed E-state index contributed by atoms with van der Waals surface area (Å²) in [7, 11) is -1.35. The van der Waals surface area contributed by atoms with Crippen molar-refractivity contribution in [3.05, 3.63) is 18.0 Å². The van der Waals surface area contributed by atoms with E-state index < -0.39 is 10.0 Å². The number of rotatable bonds is 3. The normalized spacial score (nSPS) is 27.8. The second-order valence-electron chi connectivity index (χ2n) is 6.43. The zero-order valence-corrected chi connectivity index (χ0v) is 13.7. The van der Waals surface area contributed by atoms with Crippen LogP contribution in [-0.2, 0) is 17.1 Å². The molecule has 2 fully saturated rings. The molecule has 1 saturated carbocycles. The second kappa shape index (κ2) is 6.01. The lowest BCUT2D eigenvalue weighted by Gasteiger charge is -2.32. The molecule has 0 radical (unpaired) electrons. The van der Waals surface area contributed by atoms with E-state index in [1.54, 1.807) is 8.99 Å². The molecule has 2 unspecified atom stereocenters. The number of aryl methyl sites for hydroxylation is 1. The molecule has 1 aliphatic carbocycles. The van der Waals surface area contributed by atoms with E-state index >= 15 is 0 Å². The molecule has 22 heavy (non-hydrogen) atoms. The molecule has 2 atom stereocenters. The Kier molecular flexibility index (Phi) is 4.24. The summed E-state index contributed by atoms with van der Waals surface area (Å²) in [5, 5.41) is 12.8. The lowest BCUT2D eigenvalue weighted by molar-refractivity contribution is 0.315. The van der Waals surface area contributed by atoms with Crippen LogP contribution in [0, 0.1) is 17.2 Å². The molecule has 1 aromatic rings. The average Bonchev–Trinajstić information content (AvgIpc) is 3.16. The highest BCUT2D eigenvalue weighted by Gasteiger charge is 2.39. The van der Waals surface area contributed by atoms with Gasteiger partial charge in [-0.05, 0) is 43.6 Å². The summed E-state index contributed by atoms with van der Waals surface area (Å²) >= 11 is 0. The first kappa shape index (κ1) is 15.5. The zero-order valence-electron chi connectivity index (χ0n) is 12.9. The predicted octanol–water partition coefficient (Wildman–Crippen LogP) is 1.62. The van der Waals surface area contributed by atoms with Gasteiger partial charge in [0.1, 0.15) is 0 Å². The maximum atomic E-state index is 12.7. The molecule has 1 aliphatic heterocycles. The van der Waals surface area contributed by atoms with E-state index in [4.69, 9.17) is 5.26 Å². The van der Waals surface area contributed by atoms with Crippen LogP contribution in [0.3, 0.4) is 0 Å². The third-order valence-electron chi connectivity index (χ3n) is 5.00. The second-order valence-corrected chi connectivity index (χ2v) is 8.64. The fourth-order valence-corrected chi connectivity index (χ4v) is 5.68. The highest BCUT2D eigenvalue weighted by molar-refractivity contribution is 7.89. The average molecular weight is 322 g/mol. The van der Waals surface area contributed by atoms with Gasteiger partial charge in [-0.2, -0.15) is 10.4 Å². The van der Waals surface area contributed by atoms with Crippen molar-refractivity contribution in [3.63, 3.8) is 0 Å². The smallest absolute Gasteiger partial charge is 0.217 e.